The first-order chi connectivity index (χ1) is 17.7. The molecule has 1 aliphatic rings. The number of aryl methyl sites for hydroxylation is 2. The topological polar surface area (TPSA) is 86.4 Å². The van der Waals surface area contributed by atoms with Crippen molar-refractivity contribution < 1.29 is 22.8 Å². The van der Waals surface area contributed by atoms with E-state index in [0.29, 0.717) is 44.8 Å². The summed E-state index contributed by atoms with van der Waals surface area (Å²) in [5.41, 5.74) is 0.993. The van der Waals surface area contributed by atoms with Gasteiger partial charge in [-0.1, -0.05) is 18.2 Å². The lowest BCUT2D eigenvalue weighted by Gasteiger charge is -2.31. The van der Waals surface area contributed by atoms with Crippen LogP contribution in [0.3, 0.4) is 0 Å². The molecule has 1 aliphatic heterocycles. The van der Waals surface area contributed by atoms with Crippen molar-refractivity contribution >= 4 is 29.0 Å². The van der Waals surface area contributed by atoms with Gasteiger partial charge in [0.25, 0.3) is 5.91 Å². The summed E-state index contributed by atoms with van der Waals surface area (Å²) in [5.74, 6) is -4.08. The Labute approximate surface area is 213 Å². The molecule has 1 fully saturated rings. The molecule has 0 radical (unpaired) electrons. The number of anilines is 3. The Balaban J connectivity index is 1.47. The second-order valence-electron chi connectivity index (χ2n) is 8.91. The molecular weight excluding hydrogens is 483 g/mol. The molecule has 0 unspecified atom stereocenters. The molecule has 3 N–H and O–H groups in total. The molecule has 10 heteroatoms. The number of amides is 2. The van der Waals surface area contributed by atoms with Crippen molar-refractivity contribution in [3.8, 4) is 0 Å². The molecule has 0 aliphatic carbocycles. The zero-order valence-electron chi connectivity index (χ0n) is 20.6. The number of nitrogens with zero attached hydrogens (tertiary/aromatic N) is 2. The highest BCUT2D eigenvalue weighted by Crippen LogP contribution is 2.35. The first kappa shape index (κ1) is 26.2. The van der Waals surface area contributed by atoms with Crippen LogP contribution in [0.2, 0.25) is 0 Å². The smallest absolute Gasteiger partial charge is 0.255 e. The van der Waals surface area contributed by atoms with Gasteiger partial charge in [-0.15, -0.1) is 0 Å². The van der Waals surface area contributed by atoms with Gasteiger partial charge >= 0.3 is 0 Å². The van der Waals surface area contributed by atoms with E-state index in [1.807, 2.05) is 12.1 Å². The number of carbonyl (C=O) groups excluding carboxylic acids is 2. The zero-order chi connectivity index (χ0) is 26.5. The second-order valence-corrected chi connectivity index (χ2v) is 8.91. The van der Waals surface area contributed by atoms with Gasteiger partial charge < -0.3 is 20.9 Å². The van der Waals surface area contributed by atoms with Gasteiger partial charge in [0, 0.05) is 50.4 Å². The van der Waals surface area contributed by atoms with Crippen LogP contribution in [0.15, 0.2) is 42.6 Å². The minimum atomic E-state index is -1.42. The van der Waals surface area contributed by atoms with E-state index in [4.69, 9.17) is 0 Å². The highest BCUT2D eigenvalue weighted by atomic mass is 19.2. The third-order valence-corrected chi connectivity index (χ3v) is 6.22. The van der Waals surface area contributed by atoms with Gasteiger partial charge in [0.05, 0.1) is 5.69 Å². The zero-order valence-corrected chi connectivity index (χ0v) is 20.6. The molecule has 3 aromatic rings. The number of aromatic nitrogens is 1. The predicted molar refractivity (Wildman–Crippen MR) is 136 cm³/mol. The van der Waals surface area contributed by atoms with Crippen molar-refractivity contribution in [1.82, 2.24) is 10.3 Å². The minimum Gasteiger partial charge on any atom is -0.366 e. The summed E-state index contributed by atoms with van der Waals surface area (Å²) in [4.78, 5) is 29.8. The fourth-order valence-corrected chi connectivity index (χ4v) is 4.31. The Bertz CT molecular complexity index is 1280. The molecule has 0 atom stereocenters. The van der Waals surface area contributed by atoms with E-state index in [1.54, 1.807) is 29.3 Å². The van der Waals surface area contributed by atoms with Gasteiger partial charge in [-0.05, 0) is 49.1 Å². The lowest BCUT2D eigenvalue weighted by Crippen LogP contribution is -2.44. The van der Waals surface area contributed by atoms with Crippen molar-refractivity contribution in [2.24, 2.45) is 0 Å². The third-order valence-electron chi connectivity index (χ3n) is 6.22. The number of piperazine rings is 1. The number of hydrogen-bond donors (Lipinski definition) is 3. The molecule has 1 saturated heterocycles. The molecule has 7 nitrogen and oxygen atoms in total. The monoisotopic (exact) mass is 511 g/mol. The van der Waals surface area contributed by atoms with Crippen LogP contribution >= 0.6 is 0 Å². The minimum absolute atomic E-state index is 0.0528. The summed E-state index contributed by atoms with van der Waals surface area (Å²) >= 11 is 0. The molecule has 0 bridgehead atoms. The molecule has 4 rings (SSSR count). The summed E-state index contributed by atoms with van der Waals surface area (Å²) < 4.78 is 45.0. The van der Waals surface area contributed by atoms with E-state index in [2.05, 4.69) is 20.9 Å². The largest absolute Gasteiger partial charge is 0.366 e. The molecule has 1 aromatic heterocycles. The third kappa shape index (κ3) is 6.08. The van der Waals surface area contributed by atoms with Gasteiger partial charge in [0.15, 0.2) is 17.5 Å². The van der Waals surface area contributed by atoms with Crippen LogP contribution in [0.25, 0.3) is 0 Å². The first-order valence-corrected chi connectivity index (χ1v) is 12.0. The molecule has 2 heterocycles. The van der Waals surface area contributed by atoms with Gasteiger partial charge in [0.1, 0.15) is 11.5 Å². The highest BCUT2D eigenvalue weighted by molar-refractivity contribution is 6.04. The Kier molecular flexibility index (Phi) is 8.08. The second kappa shape index (κ2) is 11.4. The van der Waals surface area contributed by atoms with Crippen LogP contribution in [0.5, 0.6) is 0 Å². The van der Waals surface area contributed by atoms with Crippen LogP contribution < -0.4 is 20.9 Å². The highest BCUT2D eigenvalue weighted by Gasteiger charge is 2.28. The quantitative estimate of drug-likeness (QED) is 0.414. The van der Waals surface area contributed by atoms with Gasteiger partial charge in [0.2, 0.25) is 5.91 Å². The van der Waals surface area contributed by atoms with E-state index >= 15 is 4.39 Å². The fourth-order valence-electron chi connectivity index (χ4n) is 4.31. The molecule has 37 heavy (non-hydrogen) atoms. The molecule has 2 amide bonds. The summed E-state index contributed by atoms with van der Waals surface area (Å²) in [6, 6.07) is 10.2. The Morgan fingerprint density at radius 2 is 1.70 bits per heavy atom. The predicted octanol–water partition coefficient (Wildman–Crippen LogP) is 4.21. The van der Waals surface area contributed by atoms with E-state index in [0.717, 1.165) is 11.1 Å². The average molecular weight is 512 g/mol. The number of hydrogen-bond acceptors (Lipinski definition) is 5. The number of nitrogens with one attached hydrogen (secondary N) is 3. The molecular formula is C27H28F3N5O2. The molecule has 0 saturated carbocycles. The lowest BCUT2D eigenvalue weighted by molar-refractivity contribution is -0.114. The number of pyridine rings is 1. The summed E-state index contributed by atoms with van der Waals surface area (Å²) in [7, 11) is 0. The summed E-state index contributed by atoms with van der Waals surface area (Å²) in [6.07, 6.45) is 2.87. The first-order valence-electron chi connectivity index (χ1n) is 12.0. The van der Waals surface area contributed by atoms with Crippen molar-refractivity contribution in [2.45, 2.75) is 26.7 Å². The maximum atomic E-state index is 15.1. The standard InChI is InChI=1S/C27H28F3N5O2/c1-16-22(28)25(23(29)24(30)26(16)35-12-10-31-11-13-35)34-27(37)20-5-3-4-18(14-20)6-7-19-8-9-21(32-15-19)33-17(2)36/h3-5,8-9,14-15,31H,6-7,10-13H2,1-2H3,(H,34,37)(H,32,33,36). The van der Waals surface area contributed by atoms with E-state index in [1.165, 1.54) is 19.9 Å². The van der Waals surface area contributed by atoms with E-state index in [-0.39, 0.29) is 22.7 Å². The van der Waals surface area contributed by atoms with Crippen molar-refractivity contribution in [1.29, 1.82) is 0 Å². The van der Waals surface area contributed by atoms with Crippen LogP contribution in [0.1, 0.15) is 34.0 Å². The Morgan fingerprint density at radius 3 is 2.38 bits per heavy atom. The number of halogens is 3. The van der Waals surface area contributed by atoms with Crippen LogP contribution in [0, 0.1) is 24.4 Å². The van der Waals surface area contributed by atoms with E-state index < -0.39 is 29.0 Å². The summed E-state index contributed by atoms with van der Waals surface area (Å²) in [6.45, 7) is 4.78. The van der Waals surface area contributed by atoms with Crippen LogP contribution in [0.4, 0.5) is 30.4 Å². The van der Waals surface area contributed by atoms with Crippen LogP contribution in [-0.2, 0) is 17.6 Å². The number of rotatable bonds is 7. The summed E-state index contributed by atoms with van der Waals surface area (Å²) in [5, 5.41) is 7.94. The Morgan fingerprint density at radius 1 is 0.973 bits per heavy atom. The van der Waals surface area contributed by atoms with Gasteiger partial charge in [-0.2, -0.15) is 0 Å². The molecule has 194 valence electrons. The van der Waals surface area contributed by atoms with Gasteiger partial charge in [-0.3, -0.25) is 9.59 Å². The lowest BCUT2D eigenvalue weighted by atomic mass is 10.0. The van der Waals surface area contributed by atoms with Crippen LogP contribution in [-0.4, -0.2) is 43.0 Å². The number of benzene rings is 2. The maximum absolute atomic E-state index is 15.1. The molecule has 0 spiro atoms. The average Bonchev–Trinajstić information content (AvgIpc) is 2.90. The van der Waals surface area contributed by atoms with E-state index in [9.17, 15) is 18.4 Å². The van der Waals surface area contributed by atoms with Crippen molar-refractivity contribution in [3.63, 3.8) is 0 Å². The van der Waals surface area contributed by atoms with Crippen molar-refractivity contribution in [2.75, 3.05) is 41.7 Å². The van der Waals surface area contributed by atoms with Gasteiger partial charge in [-0.25, -0.2) is 18.2 Å². The maximum Gasteiger partial charge on any atom is 0.255 e. The normalized spacial score (nSPS) is 13.4. The number of carbonyl (C=O) groups is 2. The fraction of sp³-hybridized carbons (Fsp3) is 0.296. The van der Waals surface area contributed by atoms with Crippen molar-refractivity contribution in [3.05, 3.63) is 82.3 Å². The molecule has 2 aromatic carbocycles. The SMILES string of the molecule is CC(=O)Nc1ccc(CCc2cccc(C(=O)Nc3c(F)c(C)c(N4CCNCC4)c(F)c3F)c2)cn1. The Hall–Kier alpha value is -3.92.